The van der Waals surface area contributed by atoms with Crippen LogP contribution in [0.4, 0.5) is 13.2 Å². The molecule has 7 heteroatoms. The first-order valence-corrected chi connectivity index (χ1v) is 5.89. The molecule has 100 valence electrons. The van der Waals surface area contributed by atoms with E-state index in [1.807, 2.05) is 0 Å². The Morgan fingerprint density at radius 1 is 1.44 bits per heavy atom. The van der Waals surface area contributed by atoms with E-state index in [9.17, 15) is 18.0 Å². The van der Waals surface area contributed by atoms with Gasteiger partial charge in [-0.3, -0.25) is 4.79 Å². The molecule has 0 atom stereocenters. The highest BCUT2D eigenvalue weighted by atomic mass is 79.9. The number of alkyl halides is 2. The van der Waals surface area contributed by atoms with Crippen molar-refractivity contribution < 1.29 is 22.7 Å². The third kappa shape index (κ3) is 5.05. The molecule has 0 spiro atoms. The van der Waals surface area contributed by atoms with Crippen LogP contribution in [0.1, 0.15) is 10.4 Å². The van der Waals surface area contributed by atoms with Crippen LogP contribution in [0.3, 0.4) is 0 Å². The van der Waals surface area contributed by atoms with E-state index in [4.69, 9.17) is 0 Å². The lowest BCUT2D eigenvalue weighted by Gasteiger charge is -2.07. The summed E-state index contributed by atoms with van der Waals surface area (Å²) in [4.78, 5) is 11.5. The van der Waals surface area contributed by atoms with E-state index in [-0.39, 0.29) is 18.7 Å². The number of carbonyl (C=O) groups excluding carboxylic acids is 1. The van der Waals surface area contributed by atoms with E-state index in [1.54, 1.807) is 0 Å². The van der Waals surface area contributed by atoms with Gasteiger partial charge in [0.1, 0.15) is 12.4 Å². The van der Waals surface area contributed by atoms with Crippen LogP contribution in [0.2, 0.25) is 0 Å². The SMILES string of the molecule is O=C(NCCOCC(F)F)c1ccc(Br)cc1F. The molecular formula is C11H11BrF3NO2. The van der Waals surface area contributed by atoms with Gasteiger partial charge in [0.25, 0.3) is 12.3 Å². The van der Waals surface area contributed by atoms with Crippen LogP contribution >= 0.6 is 15.9 Å². The molecule has 1 N–H and O–H groups in total. The van der Waals surface area contributed by atoms with Gasteiger partial charge >= 0.3 is 0 Å². The Bertz CT molecular complexity index is 415. The van der Waals surface area contributed by atoms with Gasteiger partial charge in [-0.15, -0.1) is 0 Å². The Balaban J connectivity index is 2.36. The molecule has 0 saturated carbocycles. The minimum Gasteiger partial charge on any atom is -0.374 e. The van der Waals surface area contributed by atoms with Crippen molar-refractivity contribution in [2.75, 3.05) is 19.8 Å². The zero-order valence-electron chi connectivity index (χ0n) is 9.26. The molecule has 0 aromatic heterocycles. The lowest BCUT2D eigenvalue weighted by Crippen LogP contribution is -2.28. The number of hydrogen-bond donors (Lipinski definition) is 1. The van der Waals surface area contributed by atoms with Crippen molar-refractivity contribution in [2.24, 2.45) is 0 Å². The van der Waals surface area contributed by atoms with Gasteiger partial charge in [0.05, 0.1) is 12.2 Å². The van der Waals surface area contributed by atoms with E-state index in [0.29, 0.717) is 4.47 Å². The van der Waals surface area contributed by atoms with Crippen molar-refractivity contribution in [3.63, 3.8) is 0 Å². The van der Waals surface area contributed by atoms with Crippen molar-refractivity contribution >= 4 is 21.8 Å². The van der Waals surface area contributed by atoms with Crippen LogP contribution in [0.25, 0.3) is 0 Å². The van der Waals surface area contributed by atoms with Gasteiger partial charge in [-0.05, 0) is 18.2 Å². The maximum absolute atomic E-state index is 13.4. The fourth-order valence-electron chi connectivity index (χ4n) is 1.18. The number of halogens is 4. The molecule has 0 heterocycles. The number of amides is 1. The monoisotopic (exact) mass is 325 g/mol. The van der Waals surface area contributed by atoms with Gasteiger partial charge < -0.3 is 10.1 Å². The first kappa shape index (κ1) is 15.0. The Morgan fingerprint density at radius 2 is 2.17 bits per heavy atom. The van der Waals surface area contributed by atoms with Crippen LogP contribution in [0, 0.1) is 5.82 Å². The predicted molar refractivity (Wildman–Crippen MR) is 63.3 cm³/mol. The van der Waals surface area contributed by atoms with Crippen molar-refractivity contribution in [3.05, 3.63) is 34.1 Å². The number of hydrogen-bond acceptors (Lipinski definition) is 2. The molecule has 0 unspecified atom stereocenters. The second kappa shape index (κ2) is 7.38. The van der Waals surface area contributed by atoms with Crippen molar-refractivity contribution in [3.8, 4) is 0 Å². The highest BCUT2D eigenvalue weighted by molar-refractivity contribution is 9.10. The van der Waals surface area contributed by atoms with E-state index < -0.39 is 24.8 Å². The lowest BCUT2D eigenvalue weighted by molar-refractivity contribution is 0.0188. The maximum atomic E-state index is 13.4. The summed E-state index contributed by atoms with van der Waals surface area (Å²) in [5.41, 5.74) is -0.105. The van der Waals surface area contributed by atoms with Crippen molar-refractivity contribution in [1.82, 2.24) is 5.32 Å². The first-order chi connectivity index (χ1) is 8.50. The molecule has 3 nitrogen and oxygen atoms in total. The van der Waals surface area contributed by atoms with Crippen LogP contribution in [0.15, 0.2) is 22.7 Å². The van der Waals surface area contributed by atoms with Crippen molar-refractivity contribution in [1.29, 1.82) is 0 Å². The number of ether oxygens (including phenoxy) is 1. The smallest absolute Gasteiger partial charge is 0.261 e. The molecular weight excluding hydrogens is 315 g/mol. The zero-order chi connectivity index (χ0) is 13.5. The number of benzene rings is 1. The molecule has 0 fully saturated rings. The second-order valence-electron chi connectivity index (χ2n) is 3.35. The van der Waals surface area contributed by atoms with E-state index in [0.717, 1.165) is 0 Å². The molecule has 1 aromatic carbocycles. The molecule has 0 aliphatic heterocycles. The third-order valence-electron chi connectivity index (χ3n) is 1.95. The fourth-order valence-corrected chi connectivity index (χ4v) is 1.51. The van der Waals surface area contributed by atoms with Crippen molar-refractivity contribution in [2.45, 2.75) is 6.43 Å². The minimum absolute atomic E-state index is 0.0427. The number of carbonyl (C=O) groups is 1. The second-order valence-corrected chi connectivity index (χ2v) is 4.26. The van der Waals surface area contributed by atoms with E-state index >= 15 is 0 Å². The van der Waals surface area contributed by atoms with Crippen LogP contribution in [-0.4, -0.2) is 32.1 Å². The number of rotatable bonds is 6. The predicted octanol–water partition coefficient (Wildman–Crippen LogP) is 2.60. The third-order valence-corrected chi connectivity index (χ3v) is 2.44. The van der Waals surface area contributed by atoms with Gasteiger partial charge in [0, 0.05) is 11.0 Å². The summed E-state index contributed by atoms with van der Waals surface area (Å²) in [5.74, 6) is -1.27. The standard InChI is InChI=1S/C11H11BrF3NO2/c12-7-1-2-8(9(13)5-7)11(17)16-3-4-18-6-10(14)15/h1-2,5,10H,3-4,6H2,(H,16,17). The topological polar surface area (TPSA) is 38.3 Å². The van der Waals surface area contributed by atoms with Gasteiger partial charge in [-0.25, -0.2) is 13.2 Å². The summed E-state index contributed by atoms with van der Waals surface area (Å²) in [6, 6.07) is 4.03. The highest BCUT2D eigenvalue weighted by Gasteiger charge is 2.11. The Labute approximate surface area is 110 Å². The molecule has 0 saturated heterocycles. The molecule has 0 radical (unpaired) electrons. The Kier molecular flexibility index (Phi) is 6.14. The zero-order valence-corrected chi connectivity index (χ0v) is 10.8. The summed E-state index contributed by atoms with van der Waals surface area (Å²) in [6.07, 6.45) is -2.54. The van der Waals surface area contributed by atoms with E-state index in [2.05, 4.69) is 26.0 Å². The van der Waals surface area contributed by atoms with E-state index in [1.165, 1.54) is 18.2 Å². The summed E-state index contributed by atoms with van der Waals surface area (Å²) in [5, 5.41) is 2.37. The highest BCUT2D eigenvalue weighted by Crippen LogP contribution is 2.14. The van der Waals surface area contributed by atoms with Gasteiger partial charge in [0.2, 0.25) is 0 Å². The molecule has 1 rings (SSSR count). The molecule has 18 heavy (non-hydrogen) atoms. The number of nitrogens with one attached hydrogen (secondary N) is 1. The normalized spacial score (nSPS) is 10.7. The van der Waals surface area contributed by atoms with Crippen LogP contribution in [-0.2, 0) is 4.74 Å². The Morgan fingerprint density at radius 3 is 2.78 bits per heavy atom. The summed E-state index contributed by atoms with van der Waals surface area (Å²) < 4.78 is 41.9. The lowest BCUT2D eigenvalue weighted by atomic mass is 10.2. The quantitative estimate of drug-likeness (QED) is 0.816. The average molecular weight is 326 g/mol. The summed E-state index contributed by atoms with van der Waals surface area (Å²) in [6.45, 7) is -0.683. The molecule has 0 aliphatic carbocycles. The van der Waals surface area contributed by atoms with Crippen LogP contribution in [0.5, 0.6) is 0 Å². The molecule has 0 aliphatic rings. The van der Waals surface area contributed by atoms with Gasteiger partial charge in [0.15, 0.2) is 0 Å². The van der Waals surface area contributed by atoms with Crippen LogP contribution < -0.4 is 5.32 Å². The minimum atomic E-state index is -2.54. The summed E-state index contributed by atoms with van der Waals surface area (Å²) in [7, 11) is 0. The molecule has 0 bridgehead atoms. The molecule has 1 aromatic rings. The average Bonchev–Trinajstić information content (AvgIpc) is 2.27. The largest absolute Gasteiger partial charge is 0.374 e. The van der Waals surface area contributed by atoms with Gasteiger partial charge in [-0.2, -0.15) is 0 Å². The maximum Gasteiger partial charge on any atom is 0.261 e. The van der Waals surface area contributed by atoms with Gasteiger partial charge in [-0.1, -0.05) is 15.9 Å². The summed E-state index contributed by atoms with van der Waals surface area (Å²) >= 11 is 3.07. The fraction of sp³-hybridized carbons (Fsp3) is 0.364. The first-order valence-electron chi connectivity index (χ1n) is 5.10. The Hall–Kier alpha value is -1.08. The molecule has 1 amide bonds.